The quantitative estimate of drug-likeness (QED) is 0.878. The van der Waals surface area contributed by atoms with Crippen molar-refractivity contribution in [2.45, 2.75) is 6.92 Å². The molecular formula is C15H17N3O3. The lowest BCUT2D eigenvalue weighted by atomic mass is 10.3. The summed E-state index contributed by atoms with van der Waals surface area (Å²) in [5, 5.41) is 2.65. The molecule has 1 aromatic carbocycles. The van der Waals surface area contributed by atoms with Crippen molar-refractivity contribution < 1.29 is 14.3 Å². The number of hydrogen-bond acceptors (Lipinski definition) is 5. The number of anilines is 2. The van der Waals surface area contributed by atoms with E-state index in [1.807, 2.05) is 6.07 Å². The van der Waals surface area contributed by atoms with Gasteiger partial charge in [-0.3, -0.25) is 4.79 Å². The van der Waals surface area contributed by atoms with Gasteiger partial charge < -0.3 is 20.5 Å². The molecule has 6 nitrogen and oxygen atoms in total. The number of pyridine rings is 1. The van der Waals surface area contributed by atoms with Crippen LogP contribution in [0.3, 0.4) is 0 Å². The highest BCUT2D eigenvalue weighted by atomic mass is 16.5. The van der Waals surface area contributed by atoms with E-state index in [9.17, 15) is 4.79 Å². The highest BCUT2D eigenvalue weighted by Gasteiger charge is 2.08. The standard InChI is InChI=1S/C15H17N3O3/c1-10-11(16)7-8-14(17-10)18-15(19)9-21-13-6-4-3-5-12(13)20-2/h3-8H,9,16H2,1-2H3,(H,17,18,19). The van der Waals surface area contributed by atoms with Crippen molar-refractivity contribution in [3.05, 3.63) is 42.1 Å². The third-order valence-corrected chi connectivity index (χ3v) is 2.82. The number of ether oxygens (including phenoxy) is 2. The van der Waals surface area contributed by atoms with E-state index in [1.165, 1.54) is 0 Å². The molecule has 1 amide bonds. The van der Waals surface area contributed by atoms with E-state index >= 15 is 0 Å². The van der Waals surface area contributed by atoms with Gasteiger partial charge in [-0.25, -0.2) is 4.98 Å². The van der Waals surface area contributed by atoms with E-state index in [4.69, 9.17) is 15.2 Å². The molecule has 3 N–H and O–H groups in total. The summed E-state index contributed by atoms with van der Waals surface area (Å²) in [4.78, 5) is 16.0. The van der Waals surface area contributed by atoms with Crippen molar-refractivity contribution >= 4 is 17.4 Å². The number of nitrogens with two attached hydrogens (primary N) is 1. The first-order valence-electron chi connectivity index (χ1n) is 6.39. The van der Waals surface area contributed by atoms with Gasteiger partial charge in [-0.15, -0.1) is 0 Å². The van der Waals surface area contributed by atoms with Crippen LogP contribution in [0.15, 0.2) is 36.4 Å². The van der Waals surface area contributed by atoms with Crippen molar-refractivity contribution in [1.82, 2.24) is 4.98 Å². The number of carbonyl (C=O) groups is 1. The fourth-order valence-corrected chi connectivity index (χ4v) is 1.70. The second kappa shape index (κ2) is 6.60. The van der Waals surface area contributed by atoms with Gasteiger partial charge in [0.15, 0.2) is 18.1 Å². The molecule has 0 fully saturated rings. The van der Waals surface area contributed by atoms with Crippen molar-refractivity contribution in [2.24, 2.45) is 0 Å². The summed E-state index contributed by atoms with van der Waals surface area (Å²) in [5.41, 5.74) is 6.92. The predicted molar refractivity (Wildman–Crippen MR) is 80.5 cm³/mol. The third kappa shape index (κ3) is 3.85. The largest absolute Gasteiger partial charge is 0.493 e. The lowest BCUT2D eigenvalue weighted by molar-refractivity contribution is -0.118. The van der Waals surface area contributed by atoms with Crippen molar-refractivity contribution in [1.29, 1.82) is 0 Å². The normalized spacial score (nSPS) is 10.0. The van der Waals surface area contributed by atoms with Crippen LogP contribution in [0.1, 0.15) is 5.69 Å². The smallest absolute Gasteiger partial charge is 0.263 e. The maximum absolute atomic E-state index is 11.8. The molecule has 0 radical (unpaired) electrons. The molecule has 0 bridgehead atoms. The lowest BCUT2D eigenvalue weighted by Crippen LogP contribution is -2.21. The summed E-state index contributed by atoms with van der Waals surface area (Å²) in [6, 6.07) is 10.5. The van der Waals surface area contributed by atoms with Crippen LogP contribution in [0.5, 0.6) is 11.5 Å². The zero-order chi connectivity index (χ0) is 15.2. The minimum Gasteiger partial charge on any atom is -0.493 e. The van der Waals surface area contributed by atoms with Crippen LogP contribution >= 0.6 is 0 Å². The highest BCUT2D eigenvalue weighted by molar-refractivity contribution is 5.91. The number of nitrogens with zero attached hydrogens (tertiary/aromatic N) is 1. The number of carbonyl (C=O) groups excluding carboxylic acids is 1. The number of hydrogen-bond donors (Lipinski definition) is 2. The summed E-state index contributed by atoms with van der Waals surface area (Å²) in [7, 11) is 1.54. The van der Waals surface area contributed by atoms with E-state index in [2.05, 4.69) is 10.3 Å². The first-order chi connectivity index (χ1) is 10.1. The second-order valence-electron chi connectivity index (χ2n) is 4.36. The van der Waals surface area contributed by atoms with Crippen LogP contribution in [-0.2, 0) is 4.79 Å². The molecule has 2 aromatic rings. The minimum atomic E-state index is -0.308. The van der Waals surface area contributed by atoms with E-state index in [-0.39, 0.29) is 12.5 Å². The molecule has 0 atom stereocenters. The van der Waals surface area contributed by atoms with Crippen LogP contribution in [0.2, 0.25) is 0 Å². The molecule has 0 unspecified atom stereocenters. The molecule has 110 valence electrons. The number of amides is 1. The Morgan fingerprint density at radius 1 is 1.24 bits per heavy atom. The van der Waals surface area contributed by atoms with Crippen LogP contribution in [0.25, 0.3) is 0 Å². The number of nitrogen functional groups attached to an aromatic ring is 1. The Labute approximate surface area is 122 Å². The van der Waals surface area contributed by atoms with Gasteiger partial charge in [0, 0.05) is 0 Å². The Hall–Kier alpha value is -2.76. The number of nitrogens with one attached hydrogen (secondary N) is 1. The van der Waals surface area contributed by atoms with Gasteiger partial charge in [0.2, 0.25) is 0 Å². The Bertz CT molecular complexity index is 644. The summed E-state index contributed by atoms with van der Waals surface area (Å²) >= 11 is 0. The van der Waals surface area contributed by atoms with Crippen LogP contribution in [0, 0.1) is 6.92 Å². The van der Waals surface area contributed by atoms with E-state index in [1.54, 1.807) is 44.4 Å². The molecule has 2 rings (SSSR count). The average molecular weight is 287 g/mol. The first-order valence-corrected chi connectivity index (χ1v) is 6.39. The van der Waals surface area contributed by atoms with Gasteiger partial charge in [0.25, 0.3) is 5.91 Å². The maximum atomic E-state index is 11.8. The Morgan fingerprint density at radius 3 is 2.62 bits per heavy atom. The molecule has 6 heteroatoms. The van der Waals surface area contributed by atoms with E-state index in [0.717, 1.165) is 0 Å². The molecule has 0 spiro atoms. The molecule has 0 aliphatic rings. The molecule has 1 aromatic heterocycles. The number of rotatable bonds is 5. The number of aromatic nitrogens is 1. The second-order valence-corrected chi connectivity index (χ2v) is 4.36. The summed E-state index contributed by atoms with van der Waals surface area (Å²) in [5.74, 6) is 1.22. The van der Waals surface area contributed by atoms with Gasteiger partial charge >= 0.3 is 0 Å². The van der Waals surface area contributed by atoms with Gasteiger partial charge in [-0.05, 0) is 31.2 Å². The highest BCUT2D eigenvalue weighted by Crippen LogP contribution is 2.25. The maximum Gasteiger partial charge on any atom is 0.263 e. The van der Waals surface area contributed by atoms with Crippen molar-refractivity contribution in [3.63, 3.8) is 0 Å². The van der Waals surface area contributed by atoms with Gasteiger partial charge in [0.1, 0.15) is 5.82 Å². The molecule has 0 aliphatic carbocycles. The number of aryl methyl sites for hydroxylation is 1. The topological polar surface area (TPSA) is 86.5 Å². The molecular weight excluding hydrogens is 270 g/mol. The van der Waals surface area contributed by atoms with E-state index < -0.39 is 0 Å². The van der Waals surface area contributed by atoms with Crippen molar-refractivity contribution in [3.8, 4) is 11.5 Å². The Kier molecular flexibility index (Phi) is 4.61. The van der Waals surface area contributed by atoms with Crippen LogP contribution in [-0.4, -0.2) is 24.6 Å². The molecule has 0 saturated carbocycles. The molecule has 21 heavy (non-hydrogen) atoms. The average Bonchev–Trinajstić information content (AvgIpc) is 2.49. The van der Waals surface area contributed by atoms with Gasteiger partial charge in [-0.1, -0.05) is 12.1 Å². The van der Waals surface area contributed by atoms with Crippen LogP contribution < -0.4 is 20.5 Å². The first kappa shape index (κ1) is 14.6. The zero-order valence-electron chi connectivity index (χ0n) is 11.9. The summed E-state index contributed by atoms with van der Waals surface area (Å²) in [6.07, 6.45) is 0. The minimum absolute atomic E-state index is 0.133. The van der Waals surface area contributed by atoms with E-state index in [0.29, 0.717) is 28.7 Å². The lowest BCUT2D eigenvalue weighted by Gasteiger charge is -2.10. The van der Waals surface area contributed by atoms with Crippen LogP contribution in [0.4, 0.5) is 11.5 Å². The fourth-order valence-electron chi connectivity index (χ4n) is 1.70. The third-order valence-electron chi connectivity index (χ3n) is 2.82. The van der Waals surface area contributed by atoms with Crippen molar-refractivity contribution in [2.75, 3.05) is 24.8 Å². The van der Waals surface area contributed by atoms with Gasteiger partial charge in [0.05, 0.1) is 18.5 Å². The number of para-hydroxylation sites is 2. The summed E-state index contributed by atoms with van der Waals surface area (Å²) in [6.45, 7) is 1.64. The molecule has 0 saturated heterocycles. The number of benzene rings is 1. The summed E-state index contributed by atoms with van der Waals surface area (Å²) < 4.78 is 10.6. The Balaban J connectivity index is 1.94. The molecule has 0 aliphatic heterocycles. The zero-order valence-corrected chi connectivity index (χ0v) is 11.9. The monoisotopic (exact) mass is 287 g/mol. The Morgan fingerprint density at radius 2 is 1.95 bits per heavy atom. The SMILES string of the molecule is COc1ccccc1OCC(=O)Nc1ccc(N)c(C)n1. The fraction of sp³-hybridized carbons (Fsp3) is 0.200. The number of methoxy groups -OCH3 is 1. The molecule has 1 heterocycles. The van der Waals surface area contributed by atoms with Gasteiger partial charge in [-0.2, -0.15) is 0 Å². The predicted octanol–water partition coefficient (Wildman–Crippen LogP) is 2.00.